The molecule has 2 atom stereocenters. The first-order valence-corrected chi connectivity index (χ1v) is 14.4. The van der Waals surface area contributed by atoms with Gasteiger partial charge in [0.2, 0.25) is 6.30 Å². The molecule has 0 bridgehead atoms. The molecule has 1 aliphatic rings. The number of aromatic amines is 1. The van der Waals surface area contributed by atoms with E-state index in [0.717, 1.165) is 27.4 Å². The molecule has 4 aromatic heterocycles. The van der Waals surface area contributed by atoms with Crippen LogP contribution in [-0.4, -0.2) is 81.3 Å². The summed E-state index contributed by atoms with van der Waals surface area (Å²) < 4.78 is 47.4. The predicted octanol–water partition coefficient (Wildman–Crippen LogP) is 4.19. The van der Waals surface area contributed by atoms with Crippen molar-refractivity contribution in [3.05, 3.63) is 80.7 Å². The van der Waals surface area contributed by atoms with E-state index >= 15 is 0 Å². The van der Waals surface area contributed by atoms with E-state index in [4.69, 9.17) is 4.74 Å². The van der Waals surface area contributed by atoms with E-state index in [1.807, 2.05) is 49.6 Å². The first kappa shape index (κ1) is 31.2. The molecule has 1 saturated heterocycles. The van der Waals surface area contributed by atoms with Crippen LogP contribution in [0.3, 0.4) is 0 Å². The minimum atomic E-state index is -3.06. The number of piperazine rings is 1. The third-order valence-electron chi connectivity index (χ3n) is 8.30. The van der Waals surface area contributed by atoms with Gasteiger partial charge >= 0.3 is 0 Å². The molecule has 1 fully saturated rings. The number of nitrogens with one attached hydrogen (secondary N) is 2. The fourth-order valence-corrected chi connectivity index (χ4v) is 5.88. The number of aryl methyl sites for hydroxylation is 2. The summed E-state index contributed by atoms with van der Waals surface area (Å²) in [4.78, 5) is 32.4. The van der Waals surface area contributed by atoms with Crippen molar-refractivity contribution in [2.75, 3.05) is 33.3 Å². The molecule has 4 aromatic rings. The Balaban J connectivity index is 1.53. The van der Waals surface area contributed by atoms with E-state index in [1.54, 1.807) is 19.1 Å². The number of nitrogens with zero attached hydrogens (tertiary/aromatic N) is 5. The summed E-state index contributed by atoms with van der Waals surface area (Å²) in [5.74, 6) is -0.00833. The molecule has 5 rings (SSSR count). The van der Waals surface area contributed by atoms with Crippen LogP contribution in [0.5, 0.6) is 5.75 Å². The zero-order valence-corrected chi connectivity index (χ0v) is 25.3. The number of amides is 1. The van der Waals surface area contributed by atoms with Crippen LogP contribution in [-0.2, 0) is 6.54 Å². The van der Waals surface area contributed by atoms with Crippen molar-refractivity contribution in [3.63, 3.8) is 0 Å². The molecule has 1 aliphatic heterocycles. The number of methoxy groups -OCH3 is 1. The van der Waals surface area contributed by atoms with Gasteiger partial charge in [0.25, 0.3) is 17.9 Å². The van der Waals surface area contributed by atoms with E-state index in [2.05, 4.69) is 25.4 Å². The molecule has 5 heterocycles. The number of hydrogen-bond donors (Lipinski definition) is 2. The van der Waals surface area contributed by atoms with Crippen LogP contribution in [0.15, 0.2) is 41.3 Å². The monoisotopic (exact) mass is 611 g/mol. The van der Waals surface area contributed by atoms with Gasteiger partial charge in [-0.15, -0.1) is 0 Å². The second kappa shape index (κ2) is 12.8. The number of carbonyl (C=O) groups is 1. The Morgan fingerprint density at radius 1 is 1.05 bits per heavy atom. The Labute approximate surface area is 252 Å². The number of H-pyrrole nitrogens is 1. The third-order valence-corrected chi connectivity index (χ3v) is 8.30. The molecule has 2 N–H and O–H groups in total. The number of ether oxygens (including phenoxy) is 1. The second-order valence-electron chi connectivity index (χ2n) is 11.1. The quantitative estimate of drug-likeness (QED) is 0.274. The summed E-state index contributed by atoms with van der Waals surface area (Å²) in [5, 5.41) is 11.4. The lowest BCUT2D eigenvalue weighted by Crippen LogP contribution is -2.51. The molecule has 0 spiro atoms. The standard InChI is InChI=1S/C31H36F3N7O3/c1-17-6-7-24(38-37-17)21-8-9-41-25(21)15-22(30(42)35-16-23-26(44-5)14-18(2)36-31(23)43)19(3)27(41)20(4)39-10-12-40(13-11-39)29(34)28(32)33/h6-9,14-15,20,28-29H,10-13,16H2,1-5H3,(H,35,42)(H,36,43). The predicted molar refractivity (Wildman–Crippen MR) is 160 cm³/mol. The van der Waals surface area contributed by atoms with Crippen molar-refractivity contribution in [1.82, 2.24) is 34.7 Å². The van der Waals surface area contributed by atoms with Crippen molar-refractivity contribution >= 4 is 11.4 Å². The number of pyridine rings is 2. The van der Waals surface area contributed by atoms with Gasteiger partial charge in [0.1, 0.15) is 5.75 Å². The van der Waals surface area contributed by atoms with E-state index in [0.29, 0.717) is 46.9 Å². The summed E-state index contributed by atoms with van der Waals surface area (Å²) in [7, 11) is 1.47. The first-order chi connectivity index (χ1) is 21.0. The lowest BCUT2D eigenvalue weighted by atomic mass is 9.99. The molecule has 1 amide bonds. The lowest BCUT2D eigenvalue weighted by Gasteiger charge is -2.39. The maximum Gasteiger partial charge on any atom is 0.282 e. The fraction of sp³-hybridized carbons (Fsp3) is 0.419. The van der Waals surface area contributed by atoms with Crippen molar-refractivity contribution in [2.45, 2.75) is 53.0 Å². The molecule has 2 unspecified atom stereocenters. The second-order valence-corrected chi connectivity index (χ2v) is 11.1. The van der Waals surface area contributed by atoms with Gasteiger partial charge in [0.05, 0.1) is 36.1 Å². The summed E-state index contributed by atoms with van der Waals surface area (Å²) in [6.45, 7) is 8.44. The van der Waals surface area contributed by atoms with Gasteiger partial charge in [0.15, 0.2) is 0 Å². The topological polar surface area (TPSA) is 108 Å². The number of hydrogen-bond acceptors (Lipinski definition) is 7. The molecule has 0 radical (unpaired) electrons. The highest BCUT2D eigenvalue weighted by Crippen LogP contribution is 2.33. The molecule has 44 heavy (non-hydrogen) atoms. The molecule has 0 aliphatic carbocycles. The van der Waals surface area contributed by atoms with Gasteiger partial charge in [-0.25, -0.2) is 13.2 Å². The number of fused-ring (bicyclic) bond motifs is 1. The lowest BCUT2D eigenvalue weighted by molar-refractivity contribution is -0.0688. The van der Waals surface area contributed by atoms with Crippen molar-refractivity contribution in [1.29, 1.82) is 0 Å². The molecule has 0 aromatic carbocycles. The van der Waals surface area contributed by atoms with Gasteiger partial charge < -0.3 is 19.4 Å². The Kier molecular flexibility index (Phi) is 9.07. The van der Waals surface area contributed by atoms with Gasteiger partial charge in [-0.2, -0.15) is 10.2 Å². The Bertz CT molecular complexity index is 1710. The zero-order chi connectivity index (χ0) is 31.7. The number of carbonyl (C=O) groups excluding carboxylic acids is 1. The molecule has 234 valence electrons. The van der Waals surface area contributed by atoms with E-state index < -0.39 is 12.7 Å². The first-order valence-electron chi connectivity index (χ1n) is 14.4. The summed E-state index contributed by atoms with van der Waals surface area (Å²) in [6.07, 6.45) is -3.45. The number of aromatic nitrogens is 4. The van der Waals surface area contributed by atoms with E-state index in [9.17, 15) is 22.8 Å². The number of alkyl halides is 3. The van der Waals surface area contributed by atoms with Crippen LogP contribution in [0, 0.1) is 20.8 Å². The normalized spacial score (nSPS) is 15.9. The minimum absolute atomic E-state index is 0.0546. The van der Waals surface area contributed by atoms with Crippen LogP contribution in [0.2, 0.25) is 0 Å². The van der Waals surface area contributed by atoms with Crippen LogP contribution in [0.1, 0.15) is 51.5 Å². The third kappa shape index (κ3) is 6.06. The number of rotatable bonds is 9. The molecular formula is C31H36F3N7O3. The highest BCUT2D eigenvalue weighted by atomic mass is 19.3. The van der Waals surface area contributed by atoms with Gasteiger partial charge in [-0.05, 0) is 63.6 Å². The maximum absolute atomic E-state index is 14.0. The van der Waals surface area contributed by atoms with Gasteiger partial charge in [-0.3, -0.25) is 19.4 Å². The Morgan fingerprint density at radius 2 is 1.75 bits per heavy atom. The van der Waals surface area contributed by atoms with Crippen LogP contribution in [0.4, 0.5) is 13.2 Å². The van der Waals surface area contributed by atoms with Crippen molar-refractivity contribution in [3.8, 4) is 17.0 Å². The molecule has 10 nitrogen and oxygen atoms in total. The van der Waals surface area contributed by atoms with E-state index in [1.165, 1.54) is 7.11 Å². The SMILES string of the molecule is COc1cc(C)[nH]c(=O)c1CNC(=O)c1cc2c(-c3ccc(C)nn3)ccn2c(C(C)N2CCN(C(F)C(F)F)CC2)c1C. The highest BCUT2D eigenvalue weighted by Gasteiger charge is 2.33. The average molecular weight is 612 g/mol. The van der Waals surface area contributed by atoms with Crippen LogP contribution >= 0.6 is 0 Å². The van der Waals surface area contributed by atoms with E-state index in [-0.39, 0.29) is 37.1 Å². The van der Waals surface area contributed by atoms with Crippen molar-refractivity contribution < 1.29 is 22.7 Å². The highest BCUT2D eigenvalue weighted by molar-refractivity contribution is 5.98. The van der Waals surface area contributed by atoms with Crippen LogP contribution in [0.25, 0.3) is 16.8 Å². The summed E-state index contributed by atoms with van der Waals surface area (Å²) in [5.41, 5.74) is 5.43. The Morgan fingerprint density at radius 3 is 2.39 bits per heavy atom. The molecule has 13 heteroatoms. The molecule has 0 saturated carbocycles. The summed E-state index contributed by atoms with van der Waals surface area (Å²) >= 11 is 0. The number of halogens is 3. The maximum atomic E-state index is 14.0. The molecular weight excluding hydrogens is 575 g/mol. The average Bonchev–Trinajstić information content (AvgIpc) is 3.42. The minimum Gasteiger partial charge on any atom is -0.496 e. The van der Waals surface area contributed by atoms with Gasteiger partial charge in [-0.1, -0.05) is 0 Å². The zero-order valence-electron chi connectivity index (χ0n) is 25.3. The summed E-state index contributed by atoms with van der Waals surface area (Å²) in [6, 6.07) is 8.88. The smallest absolute Gasteiger partial charge is 0.282 e. The van der Waals surface area contributed by atoms with Gasteiger partial charge in [0, 0.05) is 60.9 Å². The van der Waals surface area contributed by atoms with Crippen molar-refractivity contribution in [2.24, 2.45) is 0 Å². The fourth-order valence-electron chi connectivity index (χ4n) is 5.88. The largest absolute Gasteiger partial charge is 0.496 e. The van der Waals surface area contributed by atoms with Crippen LogP contribution < -0.4 is 15.6 Å². The Hall–Kier alpha value is -4.23.